The average Bonchev–Trinajstić information content (AvgIpc) is 3.36. The van der Waals surface area contributed by atoms with Gasteiger partial charge in [-0.25, -0.2) is 4.68 Å². The van der Waals surface area contributed by atoms with Gasteiger partial charge in [-0.1, -0.05) is 36.8 Å². The number of hydrogen-bond acceptors (Lipinski definition) is 2. The van der Waals surface area contributed by atoms with Crippen LogP contribution in [-0.2, 0) is 6.42 Å². The molecule has 2 aromatic heterocycles. The van der Waals surface area contributed by atoms with Crippen LogP contribution in [0, 0.1) is 13.8 Å². The number of carbonyl (C=O) groups is 1. The summed E-state index contributed by atoms with van der Waals surface area (Å²) in [5.41, 5.74) is 5.29. The van der Waals surface area contributed by atoms with Crippen LogP contribution >= 0.6 is 0 Å². The molecule has 4 rings (SSSR count). The van der Waals surface area contributed by atoms with E-state index in [1.807, 2.05) is 90.1 Å². The molecule has 0 unspecified atom stereocenters. The predicted molar refractivity (Wildman–Crippen MR) is 116 cm³/mol. The van der Waals surface area contributed by atoms with E-state index in [1.54, 1.807) is 0 Å². The molecule has 0 bridgehead atoms. The molecule has 0 aliphatic rings. The Morgan fingerprint density at radius 1 is 1.00 bits per heavy atom. The Bertz CT molecular complexity index is 1140. The van der Waals surface area contributed by atoms with E-state index in [1.165, 1.54) is 11.1 Å². The van der Waals surface area contributed by atoms with Crippen molar-refractivity contribution in [2.45, 2.75) is 27.2 Å². The molecule has 4 aromatic rings. The molecule has 0 atom stereocenters. The number of rotatable bonds is 5. The Morgan fingerprint density at radius 3 is 2.41 bits per heavy atom. The zero-order valence-corrected chi connectivity index (χ0v) is 16.9. The highest BCUT2D eigenvalue weighted by atomic mass is 16.1. The maximum atomic E-state index is 13.3. The maximum absolute atomic E-state index is 13.3. The van der Waals surface area contributed by atoms with Crippen LogP contribution in [0.25, 0.3) is 11.5 Å². The van der Waals surface area contributed by atoms with E-state index >= 15 is 0 Å². The highest BCUT2D eigenvalue weighted by Gasteiger charge is 2.23. The van der Waals surface area contributed by atoms with Gasteiger partial charge in [-0.2, -0.15) is 5.10 Å². The van der Waals surface area contributed by atoms with Crippen LogP contribution in [-0.4, -0.2) is 20.3 Å². The van der Waals surface area contributed by atoms with Crippen molar-refractivity contribution in [1.82, 2.24) is 14.3 Å². The minimum atomic E-state index is -0.169. The standard InChI is InChI=1S/C24H24N4O/c1-4-19-8-7-9-20(16-19)25-23(29)22-18(3)26-28(21-12-10-17(2)11-13-21)24(22)27-14-5-6-15-27/h5-16H,4H2,1-3H3,(H,25,29). The summed E-state index contributed by atoms with van der Waals surface area (Å²) in [5.74, 6) is 0.554. The van der Waals surface area contributed by atoms with Gasteiger partial charge in [0.2, 0.25) is 0 Å². The highest BCUT2D eigenvalue weighted by molar-refractivity contribution is 6.07. The summed E-state index contributed by atoms with van der Waals surface area (Å²) in [6, 6.07) is 19.9. The smallest absolute Gasteiger partial charge is 0.261 e. The molecule has 0 saturated carbocycles. The Balaban J connectivity index is 1.80. The summed E-state index contributed by atoms with van der Waals surface area (Å²) in [7, 11) is 0. The van der Waals surface area contributed by atoms with Crippen molar-refractivity contribution in [2.75, 3.05) is 5.32 Å². The van der Waals surface area contributed by atoms with Crippen LogP contribution in [0.2, 0.25) is 0 Å². The largest absolute Gasteiger partial charge is 0.322 e. The molecule has 146 valence electrons. The normalized spacial score (nSPS) is 10.9. The predicted octanol–water partition coefficient (Wildman–Crippen LogP) is 5.09. The molecule has 0 spiro atoms. The monoisotopic (exact) mass is 384 g/mol. The van der Waals surface area contributed by atoms with Crippen LogP contribution in [0.15, 0.2) is 73.1 Å². The van der Waals surface area contributed by atoms with Gasteiger partial charge >= 0.3 is 0 Å². The number of aromatic nitrogens is 3. The van der Waals surface area contributed by atoms with Crippen molar-refractivity contribution in [1.29, 1.82) is 0 Å². The first-order chi connectivity index (χ1) is 14.1. The first-order valence-corrected chi connectivity index (χ1v) is 9.77. The van der Waals surface area contributed by atoms with E-state index in [2.05, 4.69) is 18.3 Å². The number of hydrogen-bond donors (Lipinski definition) is 1. The lowest BCUT2D eigenvalue weighted by atomic mass is 10.1. The van der Waals surface area contributed by atoms with Gasteiger partial charge in [-0.05, 0) is 62.2 Å². The maximum Gasteiger partial charge on any atom is 0.261 e. The van der Waals surface area contributed by atoms with Crippen LogP contribution in [0.3, 0.4) is 0 Å². The van der Waals surface area contributed by atoms with Crippen LogP contribution in [0.1, 0.15) is 34.1 Å². The van der Waals surface area contributed by atoms with Crippen molar-refractivity contribution in [3.63, 3.8) is 0 Å². The minimum Gasteiger partial charge on any atom is -0.322 e. The third kappa shape index (κ3) is 3.72. The topological polar surface area (TPSA) is 51.9 Å². The fourth-order valence-corrected chi connectivity index (χ4v) is 3.42. The number of anilines is 1. The van der Waals surface area contributed by atoms with Gasteiger partial charge < -0.3 is 9.88 Å². The first kappa shape index (κ1) is 18.7. The lowest BCUT2D eigenvalue weighted by molar-refractivity contribution is 0.102. The zero-order chi connectivity index (χ0) is 20.4. The van der Waals surface area contributed by atoms with Gasteiger partial charge in [-0.3, -0.25) is 4.79 Å². The molecule has 0 fully saturated rings. The molecule has 0 radical (unpaired) electrons. The fraction of sp³-hybridized carbons (Fsp3) is 0.167. The van der Waals surface area contributed by atoms with Gasteiger partial charge in [0.1, 0.15) is 5.56 Å². The molecular formula is C24H24N4O. The first-order valence-electron chi connectivity index (χ1n) is 9.77. The third-order valence-electron chi connectivity index (χ3n) is 4.98. The molecule has 29 heavy (non-hydrogen) atoms. The van der Waals surface area contributed by atoms with Crippen LogP contribution < -0.4 is 5.32 Å². The summed E-state index contributed by atoms with van der Waals surface area (Å²) in [6.45, 7) is 6.02. The molecule has 2 heterocycles. The zero-order valence-electron chi connectivity index (χ0n) is 16.9. The van der Waals surface area contributed by atoms with Crippen molar-refractivity contribution in [2.24, 2.45) is 0 Å². The van der Waals surface area contributed by atoms with Crippen molar-refractivity contribution in [3.05, 3.63) is 95.4 Å². The van der Waals surface area contributed by atoms with Gasteiger partial charge in [-0.15, -0.1) is 0 Å². The SMILES string of the molecule is CCc1cccc(NC(=O)c2c(C)nn(-c3ccc(C)cc3)c2-n2cccc2)c1. The molecule has 5 nitrogen and oxygen atoms in total. The van der Waals surface area contributed by atoms with Gasteiger partial charge in [0.25, 0.3) is 5.91 Å². The van der Waals surface area contributed by atoms with Crippen LogP contribution in [0.4, 0.5) is 5.69 Å². The second-order valence-electron chi connectivity index (χ2n) is 7.13. The summed E-state index contributed by atoms with van der Waals surface area (Å²) in [4.78, 5) is 13.3. The number of amides is 1. The van der Waals surface area contributed by atoms with E-state index in [0.29, 0.717) is 11.3 Å². The Kier molecular flexibility index (Phi) is 5.04. The molecule has 5 heteroatoms. The van der Waals surface area contributed by atoms with E-state index in [0.717, 1.165) is 23.6 Å². The number of benzene rings is 2. The molecule has 1 amide bonds. The number of nitrogens with one attached hydrogen (secondary N) is 1. The second kappa shape index (κ2) is 7.80. The molecule has 0 saturated heterocycles. The lowest BCUT2D eigenvalue weighted by Crippen LogP contribution is -2.16. The molecular weight excluding hydrogens is 360 g/mol. The summed E-state index contributed by atoms with van der Waals surface area (Å²) in [6.07, 6.45) is 4.77. The molecule has 0 aliphatic carbocycles. The summed E-state index contributed by atoms with van der Waals surface area (Å²) >= 11 is 0. The average molecular weight is 384 g/mol. The lowest BCUT2D eigenvalue weighted by Gasteiger charge is -2.12. The second-order valence-corrected chi connectivity index (χ2v) is 7.13. The highest BCUT2D eigenvalue weighted by Crippen LogP contribution is 2.24. The summed E-state index contributed by atoms with van der Waals surface area (Å²) in [5, 5.41) is 7.74. The molecule has 0 aliphatic heterocycles. The number of nitrogens with zero attached hydrogens (tertiary/aromatic N) is 3. The van der Waals surface area contributed by atoms with Crippen molar-refractivity contribution >= 4 is 11.6 Å². The van der Waals surface area contributed by atoms with Gasteiger partial charge in [0.15, 0.2) is 5.82 Å². The quantitative estimate of drug-likeness (QED) is 0.521. The van der Waals surface area contributed by atoms with Crippen LogP contribution in [0.5, 0.6) is 0 Å². The van der Waals surface area contributed by atoms with E-state index < -0.39 is 0 Å². The molecule has 1 N–H and O–H groups in total. The Morgan fingerprint density at radius 2 is 1.72 bits per heavy atom. The van der Waals surface area contributed by atoms with Gasteiger partial charge in [0, 0.05) is 18.1 Å². The molecule has 2 aromatic carbocycles. The van der Waals surface area contributed by atoms with Gasteiger partial charge in [0.05, 0.1) is 11.4 Å². The summed E-state index contributed by atoms with van der Waals surface area (Å²) < 4.78 is 3.75. The number of carbonyl (C=O) groups excluding carboxylic acids is 1. The Hall–Kier alpha value is -3.60. The van der Waals surface area contributed by atoms with Crippen molar-refractivity contribution < 1.29 is 4.79 Å². The number of aryl methyl sites for hydroxylation is 3. The minimum absolute atomic E-state index is 0.169. The fourth-order valence-electron chi connectivity index (χ4n) is 3.42. The van der Waals surface area contributed by atoms with Crippen molar-refractivity contribution in [3.8, 4) is 11.5 Å². The Labute approximate surface area is 170 Å². The van der Waals surface area contributed by atoms with E-state index in [-0.39, 0.29) is 5.91 Å². The van der Waals surface area contributed by atoms with E-state index in [4.69, 9.17) is 5.10 Å². The third-order valence-corrected chi connectivity index (χ3v) is 4.98. The van der Waals surface area contributed by atoms with E-state index in [9.17, 15) is 4.79 Å².